The highest BCUT2D eigenvalue weighted by Gasteiger charge is 2.28. The molecule has 1 aromatic rings. The third-order valence-corrected chi connectivity index (χ3v) is 5.15. The second kappa shape index (κ2) is 15.5. The van der Waals surface area contributed by atoms with Gasteiger partial charge in [0, 0.05) is 6.54 Å². The molecule has 3 N–H and O–H groups in total. The number of rotatable bonds is 13. The Balaban J connectivity index is 2.42. The lowest BCUT2D eigenvalue weighted by Crippen LogP contribution is -2.53. The van der Waals surface area contributed by atoms with Crippen molar-refractivity contribution in [3.05, 3.63) is 35.9 Å². The first kappa shape index (κ1) is 27.7. The summed E-state index contributed by atoms with van der Waals surface area (Å²) >= 11 is 0. The number of ether oxygens (including phenoxy) is 3. The quantitative estimate of drug-likeness (QED) is 0.232. The average Bonchev–Trinajstić information content (AvgIpc) is 2.84. The zero-order chi connectivity index (χ0) is 24.6. The van der Waals surface area contributed by atoms with Gasteiger partial charge in [0.25, 0.3) is 0 Å². The number of benzene rings is 1. The van der Waals surface area contributed by atoms with Gasteiger partial charge >= 0.3 is 24.1 Å². The standard InChI is InChI=1S/C23H35N3O7/c1-5-16(2)19(21(28)32-4)26-22(29)25-18(20(27)31-3)13-9-10-14-24-23(30)33-15-17-11-7-6-8-12-17/h6-8,11-12,16,18-19H,5,9-10,13-15H2,1-4H3,(H,24,30)(H2,25,26,29)/t16-,18+,19+/m1/s1. The highest BCUT2D eigenvalue weighted by Crippen LogP contribution is 2.10. The average molecular weight is 466 g/mol. The van der Waals surface area contributed by atoms with Crippen LogP contribution in [-0.2, 0) is 30.4 Å². The van der Waals surface area contributed by atoms with E-state index in [1.54, 1.807) is 0 Å². The molecule has 0 aromatic heterocycles. The van der Waals surface area contributed by atoms with Crippen molar-refractivity contribution in [2.24, 2.45) is 5.92 Å². The summed E-state index contributed by atoms with van der Waals surface area (Å²) in [6, 6.07) is 6.95. The topological polar surface area (TPSA) is 132 Å². The van der Waals surface area contributed by atoms with Crippen LogP contribution in [0.15, 0.2) is 30.3 Å². The fourth-order valence-corrected chi connectivity index (χ4v) is 2.97. The maximum Gasteiger partial charge on any atom is 0.407 e. The van der Waals surface area contributed by atoms with Gasteiger partial charge < -0.3 is 30.2 Å². The van der Waals surface area contributed by atoms with Crippen molar-refractivity contribution in [1.29, 1.82) is 0 Å². The third-order valence-electron chi connectivity index (χ3n) is 5.15. The SMILES string of the molecule is CC[C@@H](C)[C@H](NC(=O)N[C@@H](CCCCNC(=O)OCc1ccccc1)C(=O)OC)C(=O)OC. The fraction of sp³-hybridized carbons (Fsp3) is 0.565. The molecule has 0 radical (unpaired) electrons. The van der Waals surface area contributed by atoms with Crippen LogP contribution in [0.25, 0.3) is 0 Å². The molecule has 0 bridgehead atoms. The minimum Gasteiger partial charge on any atom is -0.467 e. The molecule has 0 heterocycles. The number of amides is 3. The zero-order valence-electron chi connectivity index (χ0n) is 19.7. The molecule has 1 aromatic carbocycles. The van der Waals surface area contributed by atoms with E-state index in [2.05, 4.69) is 16.0 Å². The minimum atomic E-state index is -0.893. The first-order valence-electron chi connectivity index (χ1n) is 11.0. The predicted octanol–water partition coefficient (Wildman–Crippen LogP) is 2.51. The van der Waals surface area contributed by atoms with Crippen LogP contribution < -0.4 is 16.0 Å². The largest absolute Gasteiger partial charge is 0.467 e. The van der Waals surface area contributed by atoms with Gasteiger partial charge in [-0.05, 0) is 30.7 Å². The van der Waals surface area contributed by atoms with Crippen LogP contribution in [0.4, 0.5) is 9.59 Å². The summed E-state index contributed by atoms with van der Waals surface area (Å²) in [6.45, 7) is 4.24. The molecule has 0 fully saturated rings. The molecule has 0 aliphatic carbocycles. The Labute approximate surface area is 194 Å². The summed E-state index contributed by atoms with van der Waals surface area (Å²) in [5.74, 6) is -1.30. The molecule has 10 heteroatoms. The number of hydrogen-bond donors (Lipinski definition) is 3. The Hall–Kier alpha value is -3.30. The van der Waals surface area contributed by atoms with E-state index in [9.17, 15) is 19.2 Å². The van der Waals surface area contributed by atoms with Gasteiger partial charge in [-0.2, -0.15) is 0 Å². The van der Waals surface area contributed by atoms with Crippen molar-refractivity contribution in [2.75, 3.05) is 20.8 Å². The highest BCUT2D eigenvalue weighted by molar-refractivity contribution is 5.87. The fourth-order valence-electron chi connectivity index (χ4n) is 2.97. The first-order chi connectivity index (χ1) is 15.8. The normalized spacial score (nSPS) is 13.1. The van der Waals surface area contributed by atoms with Gasteiger partial charge in [-0.15, -0.1) is 0 Å². The van der Waals surface area contributed by atoms with Gasteiger partial charge in [0.05, 0.1) is 14.2 Å². The van der Waals surface area contributed by atoms with Crippen LogP contribution in [0.3, 0.4) is 0 Å². The number of urea groups is 1. The molecular weight excluding hydrogens is 430 g/mol. The summed E-state index contributed by atoms with van der Waals surface area (Å²) in [5.41, 5.74) is 0.890. The van der Waals surface area contributed by atoms with E-state index in [0.717, 1.165) is 5.56 Å². The van der Waals surface area contributed by atoms with Gasteiger partial charge in [0.2, 0.25) is 0 Å². The lowest BCUT2D eigenvalue weighted by molar-refractivity contribution is -0.144. The Kier molecular flexibility index (Phi) is 13.0. The monoisotopic (exact) mass is 465 g/mol. The van der Waals surface area contributed by atoms with E-state index in [4.69, 9.17) is 14.2 Å². The molecule has 0 aliphatic heterocycles. The van der Waals surface area contributed by atoms with E-state index < -0.39 is 36.1 Å². The Bertz CT molecular complexity index is 758. The van der Waals surface area contributed by atoms with Gasteiger partial charge in [-0.1, -0.05) is 50.6 Å². The lowest BCUT2D eigenvalue weighted by atomic mass is 9.99. The van der Waals surface area contributed by atoms with E-state index >= 15 is 0 Å². The molecule has 0 saturated heterocycles. The third kappa shape index (κ3) is 10.7. The van der Waals surface area contributed by atoms with Crippen LogP contribution in [0, 0.1) is 5.92 Å². The maximum absolute atomic E-state index is 12.4. The second-order valence-electron chi connectivity index (χ2n) is 7.56. The van der Waals surface area contributed by atoms with Crippen LogP contribution in [0.2, 0.25) is 0 Å². The van der Waals surface area contributed by atoms with Crippen LogP contribution in [-0.4, -0.2) is 56.9 Å². The van der Waals surface area contributed by atoms with Crippen molar-refractivity contribution < 1.29 is 33.4 Å². The van der Waals surface area contributed by atoms with Crippen molar-refractivity contribution in [3.8, 4) is 0 Å². The van der Waals surface area contributed by atoms with Crippen molar-refractivity contribution >= 4 is 24.1 Å². The summed E-state index contributed by atoms with van der Waals surface area (Å²) in [6.07, 6.45) is 1.52. The number of unbranched alkanes of at least 4 members (excludes halogenated alkanes) is 1. The van der Waals surface area contributed by atoms with E-state index in [1.165, 1.54) is 14.2 Å². The Morgan fingerprint density at radius 3 is 2.21 bits per heavy atom. The molecular formula is C23H35N3O7. The Morgan fingerprint density at radius 2 is 1.61 bits per heavy atom. The maximum atomic E-state index is 12.4. The number of alkyl carbamates (subject to hydrolysis) is 1. The van der Waals surface area contributed by atoms with E-state index in [1.807, 2.05) is 44.2 Å². The molecule has 0 aliphatic rings. The number of carbonyl (C=O) groups is 4. The lowest BCUT2D eigenvalue weighted by Gasteiger charge is -2.23. The highest BCUT2D eigenvalue weighted by atomic mass is 16.5. The molecule has 3 amide bonds. The number of nitrogens with one attached hydrogen (secondary N) is 3. The van der Waals surface area contributed by atoms with Gasteiger partial charge in [-0.3, -0.25) is 0 Å². The van der Waals surface area contributed by atoms with Crippen molar-refractivity contribution in [1.82, 2.24) is 16.0 Å². The molecule has 0 spiro atoms. The van der Waals surface area contributed by atoms with Gasteiger partial charge in [0.15, 0.2) is 0 Å². The molecule has 1 rings (SSSR count). The number of carbonyl (C=O) groups excluding carboxylic acids is 4. The summed E-state index contributed by atoms with van der Waals surface area (Å²) < 4.78 is 14.6. The van der Waals surface area contributed by atoms with Crippen LogP contribution in [0.5, 0.6) is 0 Å². The number of hydrogen-bond acceptors (Lipinski definition) is 7. The minimum absolute atomic E-state index is 0.146. The summed E-state index contributed by atoms with van der Waals surface area (Å²) in [7, 11) is 2.48. The first-order valence-corrected chi connectivity index (χ1v) is 11.0. The molecule has 10 nitrogen and oxygen atoms in total. The van der Waals surface area contributed by atoms with Gasteiger partial charge in [-0.25, -0.2) is 19.2 Å². The zero-order valence-corrected chi connectivity index (χ0v) is 19.7. The van der Waals surface area contributed by atoms with Gasteiger partial charge in [0.1, 0.15) is 18.7 Å². The Morgan fingerprint density at radius 1 is 0.939 bits per heavy atom. The predicted molar refractivity (Wildman–Crippen MR) is 121 cm³/mol. The van der Waals surface area contributed by atoms with Crippen molar-refractivity contribution in [2.45, 2.75) is 58.2 Å². The van der Waals surface area contributed by atoms with Crippen LogP contribution >= 0.6 is 0 Å². The van der Waals surface area contributed by atoms with Crippen LogP contribution in [0.1, 0.15) is 45.1 Å². The number of esters is 2. The molecule has 0 unspecified atom stereocenters. The second-order valence-corrected chi connectivity index (χ2v) is 7.56. The smallest absolute Gasteiger partial charge is 0.407 e. The molecule has 3 atom stereocenters. The van der Waals surface area contributed by atoms with Crippen molar-refractivity contribution in [3.63, 3.8) is 0 Å². The summed E-state index contributed by atoms with van der Waals surface area (Å²) in [5, 5.41) is 7.76. The molecule has 184 valence electrons. The number of methoxy groups -OCH3 is 2. The summed E-state index contributed by atoms with van der Waals surface area (Å²) in [4.78, 5) is 48.2. The van der Waals surface area contributed by atoms with E-state index in [-0.39, 0.29) is 12.5 Å². The molecule has 0 saturated carbocycles. The molecule has 33 heavy (non-hydrogen) atoms. The van der Waals surface area contributed by atoms with E-state index in [0.29, 0.717) is 32.2 Å².